The van der Waals surface area contributed by atoms with Gasteiger partial charge in [0, 0.05) is 25.8 Å². The zero-order chi connectivity index (χ0) is 16.9. The Morgan fingerprint density at radius 2 is 2.04 bits per heavy atom. The molecule has 134 valence electrons. The Balaban J connectivity index is 1.63. The fourth-order valence-corrected chi connectivity index (χ4v) is 4.31. The van der Waals surface area contributed by atoms with Crippen LogP contribution in [-0.4, -0.2) is 46.8 Å². The monoisotopic (exact) mass is 332 g/mol. The van der Waals surface area contributed by atoms with Crippen LogP contribution in [0.4, 0.5) is 0 Å². The van der Waals surface area contributed by atoms with Gasteiger partial charge >= 0.3 is 0 Å². The van der Waals surface area contributed by atoms with Crippen molar-refractivity contribution < 1.29 is 0 Å². The van der Waals surface area contributed by atoms with Gasteiger partial charge in [-0.2, -0.15) is 5.10 Å². The molecule has 0 aromatic carbocycles. The second-order valence-corrected chi connectivity index (χ2v) is 7.41. The lowest BCUT2D eigenvalue weighted by molar-refractivity contribution is 0.119. The van der Waals surface area contributed by atoms with Gasteiger partial charge in [-0.1, -0.05) is 19.3 Å². The molecule has 1 aliphatic heterocycles. The van der Waals surface area contributed by atoms with Gasteiger partial charge in [0.25, 0.3) is 0 Å². The number of rotatable bonds is 4. The van der Waals surface area contributed by atoms with Crippen LogP contribution in [0.2, 0.25) is 0 Å². The Hall–Kier alpha value is -1.56. The van der Waals surface area contributed by atoms with Crippen molar-refractivity contribution in [3.8, 4) is 0 Å². The van der Waals surface area contributed by atoms with Crippen molar-refractivity contribution in [2.45, 2.75) is 57.0 Å². The SMILES string of the molecule is CN1CCC[C@@H](CN=C(N)NC2CCCCC2)[C@@H]1c1ccnn1C. The molecule has 0 spiro atoms. The van der Waals surface area contributed by atoms with Crippen molar-refractivity contribution in [2.75, 3.05) is 20.1 Å². The molecule has 3 rings (SSSR count). The maximum atomic E-state index is 6.16. The van der Waals surface area contributed by atoms with Gasteiger partial charge < -0.3 is 11.1 Å². The van der Waals surface area contributed by atoms with E-state index in [9.17, 15) is 0 Å². The molecule has 6 nitrogen and oxygen atoms in total. The Bertz CT molecular complexity index is 545. The van der Waals surface area contributed by atoms with E-state index < -0.39 is 0 Å². The van der Waals surface area contributed by atoms with Gasteiger partial charge in [0.1, 0.15) is 0 Å². The van der Waals surface area contributed by atoms with Crippen LogP contribution in [0.1, 0.15) is 56.7 Å². The lowest BCUT2D eigenvalue weighted by Gasteiger charge is -2.38. The van der Waals surface area contributed by atoms with E-state index in [1.165, 1.54) is 50.6 Å². The largest absolute Gasteiger partial charge is 0.370 e. The fourth-order valence-electron chi connectivity index (χ4n) is 4.31. The first-order valence-electron chi connectivity index (χ1n) is 9.39. The Morgan fingerprint density at radius 1 is 1.25 bits per heavy atom. The van der Waals surface area contributed by atoms with Gasteiger partial charge in [0.05, 0.1) is 11.7 Å². The molecule has 1 saturated carbocycles. The van der Waals surface area contributed by atoms with E-state index >= 15 is 0 Å². The molecule has 0 unspecified atom stereocenters. The molecule has 1 aliphatic carbocycles. The molecule has 1 saturated heterocycles. The zero-order valence-corrected chi connectivity index (χ0v) is 15.1. The summed E-state index contributed by atoms with van der Waals surface area (Å²) < 4.78 is 1.99. The second-order valence-electron chi connectivity index (χ2n) is 7.41. The van der Waals surface area contributed by atoms with Crippen LogP contribution in [0.3, 0.4) is 0 Å². The third-order valence-electron chi connectivity index (χ3n) is 5.62. The van der Waals surface area contributed by atoms with Crippen LogP contribution in [0.5, 0.6) is 0 Å². The van der Waals surface area contributed by atoms with Crippen molar-refractivity contribution in [1.82, 2.24) is 20.0 Å². The third-order valence-corrected chi connectivity index (χ3v) is 5.62. The topological polar surface area (TPSA) is 71.5 Å². The van der Waals surface area contributed by atoms with E-state index in [2.05, 4.69) is 28.4 Å². The highest BCUT2D eigenvalue weighted by atomic mass is 15.3. The molecule has 2 fully saturated rings. The summed E-state index contributed by atoms with van der Waals surface area (Å²) in [6, 6.07) is 3.02. The Morgan fingerprint density at radius 3 is 2.75 bits per heavy atom. The minimum absolute atomic E-state index is 0.373. The van der Waals surface area contributed by atoms with Crippen LogP contribution in [0.15, 0.2) is 17.3 Å². The highest BCUT2D eigenvalue weighted by molar-refractivity contribution is 5.78. The van der Waals surface area contributed by atoms with Crippen LogP contribution in [-0.2, 0) is 7.05 Å². The number of aliphatic imine (C=N–C) groups is 1. The van der Waals surface area contributed by atoms with Gasteiger partial charge in [-0.25, -0.2) is 0 Å². The number of aromatic nitrogens is 2. The van der Waals surface area contributed by atoms with E-state index in [1.54, 1.807) is 0 Å². The number of hydrogen-bond donors (Lipinski definition) is 2. The van der Waals surface area contributed by atoms with Crippen LogP contribution >= 0.6 is 0 Å². The average molecular weight is 332 g/mol. The Kier molecular flexibility index (Phi) is 5.76. The molecule has 2 heterocycles. The molecule has 1 aromatic heterocycles. The summed E-state index contributed by atoms with van der Waals surface area (Å²) in [6.07, 6.45) is 10.7. The number of aryl methyl sites for hydroxylation is 1. The minimum atomic E-state index is 0.373. The van der Waals surface area contributed by atoms with E-state index in [0.29, 0.717) is 24.0 Å². The predicted molar refractivity (Wildman–Crippen MR) is 97.8 cm³/mol. The molecule has 1 aromatic rings. The molecule has 2 atom stereocenters. The highest BCUT2D eigenvalue weighted by Gasteiger charge is 2.32. The Labute approximate surface area is 145 Å². The minimum Gasteiger partial charge on any atom is -0.370 e. The van der Waals surface area contributed by atoms with Gasteiger partial charge in [-0.3, -0.25) is 14.6 Å². The predicted octanol–water partition coefficient (Wildman–Crippen LogP) is 2.04. The molecular weight excluding hydrogens is 300 g/mol. The molecule has 24 heavy (non-hydrogen) atoms. The number of guanidine groups is 1. The third kappa shape index (κ3) is 4.09. The van der Waals surface area contributed by atoms with E-state index in [-0.39, 0.29) is 0 Å². The second kappa shape index (κ2) is 8.01. The smallest absolute Gasteiger partial charge is 0.188 e. The maximum Gasteiger partial charge on any atom is 0.188 e. The first-order valence-corrected chi connectivity index (χ1v) is 9.39. The van der Waals surface area contributed by atoms with E-state index in [1.807, 2.05) is 17.9 Å². The van der Waals surface area contributed by atoms with Crippen LogP contribution in [0, 0.1) is 5.92 Å². The number of likely N-dealkylation sites (tertiary alicyclic amines) is 1. The summed E-state index contributed by atoms with van der Waals surface area (Å²) in [5.74, 6) is 1.12. The number of piperidine rings is 1. The van der Waals surface area contributed by atoms with Crippen molar-refractivity contribution >= 4 is 5.96 Å². The van der Waals surface area contributed by atoms with Gasteiger partial charge in [0.2, 0.25) is 0 Å². The fraction of sp³-hybridized carbons (Fsp3) is 0.778. The maximum absolute atomic E-state index is 6.16. The average Bonchev–Trinajstić information content (AvgIpc) is 2.99. The van der Waals surface area contributed by atoms with E-state index in [4.69, 9.17) is 10.7 Å². The van der Waals surface area contributed by atoms with Crippen molar-refractivity contribution in [1.29, 1.82) is 0 Å². The van der Waals surface area contributed by atoms with Crippen molar-refractivity contribution in [3.05, 3.63) is 18.0 Å². The molecule has 0 radical (unpaired) electrons. The van der Waals surface area contributed by atoms with Crippen LogP contribution < -0.4 is 11.1 Å². The number of nitrogens with zero attached hydrogens (tertiary/aromatic N) is 4. The first kappa shape index (κ1) is 17.3. The number of nitrogens with one attached hydrogen (secondary N) is 1. The lowest BCUT2D eigenvalue weighted by Crippen LogP contribution is -2.42. The number of hydrogen-bond acceptors (Lipinski definition) is 3. The van der Waals surface area contributed by atoms with E-state index in [0.717, 1.165) is 13.1 Å². The molecule has 0 amide bonds. The van der Waals surface area contributed by atoms with Gasteiger partial charge in [0.15, 0.2) is 5.96 Å². The molecule has 6 heteroatoms. The molecule has 2 aliphatic rings. The van der Waals surface area contributed by atoms with Crippen LogP contribution in [0.25, 0.3) is 0 Å². The molecule has 0 bridgehead atoms. The van der Waals surface area contributed by atoms with Gasteiger partial charge in [-0.15, -0.1) is 0 Å². The standard InChI is InChI=1S/C18H32N6/c1-23-12-6-7-14(17(23)16-10-11-21-24(16)2)13-20-18(19)22-15-8-4-3-5-9-15/h10-11,14-15,17H,3-9,12-13H2,1-2H3,(H3,19,20,22)/t14-,17+/m0/s1. The van der Waals surface area contributed by atoms with Crippen molar-refractivity contribution in [2.24, 2.45) is 23.7 Å². The summed E-state index contributed by atoms with van der Waals surface area (Å²) in [7, 11) is 4.23. The quantitative estimate of drug-likeness (QED) is 0.654. The molecular formula is C18H32N6. The summed E-state index contributed by atoms with van der Waals surface area (Å²) in [5.41, 5.74) is 7.43. The number of nitrogens with two attached hydrogens (primary N) is 1. The lowest BCUT2D eigenvalue weighted by atomic mass is 9.87. The summed E-state index contributed by atoms with van der Waals surface area (Å²) >= 11 is 0. The van der Waals surface area contributed by atoms with Crippen molar-refractivity contribution in [3.63, 3.8) is 0 Å². The summed E-state index contributed by atoms with van der Waals surface area (Å²) in [6.45, 7) is 1.91. The summed E-state index contributed by atoms with van der Waals surface area (Å²) in [5, 5.41) is 7.78. The van der Waals surface area contributed by atoms with Gasteiger partial charge in [-0.05, 0) is 51.3 Å². The molecule has 3 N–H and O–H groups in total. The highest BCUT2D eigenvalue weighted by Crippen LogP contribution is 2.34. The summed E-state index contributed by atoms with van der Waals surface area (Å²) in [4.78, 5) is 7.13. The zero-order valence-electron chi connectivity index (χ0n) is 15.1. The normalized spacial score (nSPS) is 27.3. The first-order chi connectivity index (χ1) is 11.6.